The third-order valence-corrected chi connectivity index (χ3v) is 6.33. The summed E-state index contributed by atoms with van der Waals surface area (Å²) in [6.45, 7) is 3.29. The molecule has 0 saturated carbocycles. The van der Waals surface area contributed by atoms with E-state index < -0.39 is 11.2 Å². The monoisotopic (exact) mass is 451 g/mol. The number of hydrogen-bond donors (Lipinski definition) is 1. The van der Waals surface area contributed by atoms with Crippen LogP contribution in [0.4, 0.5) is 5.95 Å². The molecule has 0 unspecified atom stereocenters. The van der Waals surface area contributed by atoms with Gasteiger partial charge in [0.1, 0.15) is 0 Å². The van der Waals surface area contributed by atoms with Crippen LogP contribution in [-0.2, 0) is 20.1 Å². The molecule has 166 valence electrons. The molecule has 3 heterocycles. The first-order chi connectivity index (χ1) is 15.4. The van der Waals surface area contributed by atoms with Gasteiger partial charge in [0.25, 0.3) is 5.56 Å². The Balaban J connectivity index is 1.68. The molecule has 0 radical (unpaired) electrons. The van der Waals surface area contributed by atoms with Gasteiger partial charge in [-0.25, -0.2) is 14.8 Å². The Morgan fingerprint density at radius 1 is 1.12 bits per heavy atom. The third kappa shape index (κ3) is 4.59. The maximum Gasteiger partial charge on any atom is 0.329 e. The van der Waals surface area contributed by atoms with Crippen LogP contribution in [0, 0.1) is 5.92 Å². The Morgan fingerprint density at radius 2 is 1.84 bits per heavy atom. The molecule has 32 heavy (non-hydrogen) atoms. The van der Waals surface area contributed by atoms with Gasteiger partial charge < -0.3 is 9.47 Å². The molecule has 1 aromatic carbocycles. The highest BCUT2D eigenvalue weighted by molar-refractivity contribution is 7.99. The van der Waals surface area contributed by atoms with Crippen molar-refractivity contribution >= 4 is 28.9 Å². The molecular weight excluding hydrogens is 426 g/mol. The number of aryl methyl sites for hydroxylation is 1. The zero-order chi connectivity index (χ0) is 22.7. The van der Waals surface area contributed by atoms with Crippen LogP contribution in [0.5, 0.6) is 0 Å². The van der Waals surface area contributed by atoms with E-state index in [2.05, 4.69) is 21.9 Å². The summed E-state index contributed by atoms with van der Waals surface area (Å²) >= 11 is 1.57. The van der Waals surface area contributed by atoms with Crippen LogP contribution < -0.4 is 16.1 Å². The second-order valence-corrected chi connectivity index (χ2v) is 8.79. The fourth-order valence-corrected chi connectivity index (χ4v) is 4.37. The van der Waals surface area contributed by atoms with Crippen molar-refractivity contribution in [2.75, 3.05) is 17.7 Å². The molecule has 0 spiro atoms. The van der Waals surface area contributed by atoms with Gasteiger partial charge in [-0.2, -0.15) is 4.98 Å². The SMILES string of the molecule is C[C@@H](CSc1ncccn1)Cn1c(N(C)Cc2ccccc2)nc2c1c(=O)[nH]c(=O)n2C. The Morgan fingerprint density at radius 3 is 2.56 bits per heavy atom. The molecule has 0 aliphatic carbocycles. The summed E-state index contributed by atoms with van der Waals surface area (Å²) in [7, 11) is 3.55. The minimum Gasteiger partial charge on any atom is -0.341 e. The number of nitrogens with zero attached hydrogens (tertiary/aromatic N) is 6. The molecule has 4 aromatic rings. The largest absolute Gasteiger partial charge is 0.341 e. The number of imidazole rings is 1. The zero-order valence-electron chi connectivity index (χ0n) is 18.2. The summed E-state index contributed by atoms with van der Waals surface area (Å²) in [5, 5.41) is 0.719. The van der Waals surface area contributed by atoms with Crippen LogP contribution in [0.25, 0.3) is 11.2 Å². The fraction of sp³-hybridized carbons (Fsp3) is 0.318. The van der Waals surface area contributed by atoms with Crippen molar-refractivity contribution in [2.45, 2.75) is 25.2 Å². The van der Waals surface area contributed by atoms with E-state index in [0.717, 1.165) is 16.5 Å². The highest BCUT2D eigenvalue weighted by Gasteiger charge is 2.21. The Labute approximate surface area is 189 Å². The molecule has 0 aliphatic rings. The van der Waals surface area contributed by atoms with Gasteiger partial charge >= 0.3 is 5.69 Å². The lowest BCUT2D eigenvalue weighted by molar-refractivity contribution is 0.536. The summed E-state index contributed by atoms with van der Waals surface area (Å²) in [5.41, 5.74) is 0.992. The van der Waals surface area contributed by atoms with Crippen molar-refractivity contribution in [3.8, 4) is 0 Å². The summed E-state index contributed by atoms with van der Waals surface area (Å²) in [6, 6.07) is 11.8. The number of nitrogens with one attached hydrogen (secondary N) is 1. The van der Waals surface area contributed by atoms with Crippen molar-refractivity contribution in [2.24, 2.45) is 13.0 Å². The van der Waals surface area contributed by atoms with Gasteiger partial charge in [-0.3, -0.25) is 14.3 Å². The molecular formula is C22H25N7O2S. The van der Waals surface area contributed by atoms with Crippen LogP contribution in [0.3, 0.4) is 0 Å². The minimum atomic E-state index is -0.478. The second kappa shape index (κ2) is 9.39. The molecule has 0 fully saturated rings. The number of fused-ring (bicyclic) bond motifs is 1. The van der Waals surface area contributed by atoms with Crippen molar-refractivity contribution in [1.29, 1.82) is 0 Å². The first-order valence-corrected chi connectivity index (χ1v) is 11.3. The first-order valence-electron chi connectivity index (χ1n) is 10.3. The van der Waals surface area contributed by atoms with E-state index in [9.17, 15) is 9.59 Å². The second-order valence-electron chi connectivity index (χ2n) is 7.80. The van der Waals surface area contributed by atoms with E-state index in [-0.39, 0.29) is 5.92 Å². The van der Waals surface area contributed by atoms with Gasteiger partial charge in [0.15, 0.2) is 16.3 Å². The average molecular weight is 452 g/mol. The van der Waals surface area contributed by atoms with Crippen LogP contribution in [0.2, 0.25) is 0 Å². The van der Waals surface area contributed by atoms with E-state index in [1.165, 1.54) is 4.57 Å². The topological polar surface area (TPSA) is 102 Å². The number of aromatic nitrogens is 6. The van der Waals surface area contributed by atoms with Gasteiger partial charge in [-0.15, -0.1) is 0 Å². The molecule has 9 nitrogen and oxygen atoms in total. The van der Waals surface area contributed by atoms with Crippen molar-refractivity contribution in [3.05, 3.63) is 75.2 Å². The summed E-state index contributed by atoms with van der Waals surface area (Å²) in [6.07, 6.45) is 3.44. The lowest BCUT2D eigenvalue weighted by Gasteiger charge is -2.21. The van der Waals surface area contributed by atoms with Crippen LogP contribution in [0.1, 0.15) is 12.5 Å². The third-order valence-electron chi connectivity index (χ3n) is 5.12. The molecule has 0 saturated heterocycles. The van der Waals surface area contributed by atoms with Gasteiger partial charge in [-0.1, -0.05) is 49.0 Å². The Kier molecular flexibility index (Phi) is 6.40. The van der Waals surface area contributed by atoms with Crippen molar-refractivity contribution in [1.82, 2.24) is 29.1 Å². The maximum absolute atomic E-state index is 12.8. The summed E-state index contributed by atoms with van der Waals surface area (Å²) < 4.78 is 3.29. The summed E-state index contributed by atoms with van der Waals surface area (Å²) in [4.78, 5) is 42.5. The predicted molar refractivity (Wildman–Crippen MR) is 126 cm³/mol. The van der Waals surface area contributed by atoms with E-state index in [1.54, 1.807) is 37.3 Å². The highest BCUT2D eigenvalue weighted by atomic mass is 32.2. The van der Waals surface area contributed by atoms with Crippen LogP contribution in [-0.4, -0.2) is 41.9 Å². The van der Waals surface area contributed by atoms with E-state index >= 15 is 0 Å². The Bertz CT molecular complexity index is 1320. The Hall–Kier alpha value is -3.40. The normalized spacial score (nSPS) is 12.2. The molecule has 1 atom stereocenters. The quantitative estimate of drug-likeness (QED) is 0.324. The number of H-pyrrole nitrogens is 1. The number of thioether (sulfide) groups is 1. The van der Waals surface area contributed by atoms with E-state index in [4.69, 9.17) is 4.98 Å². The van der Waals surface area contributed by atoms with E-state index in [1.807, 2.05) is 46.8 Å². The molecule has 0 bridgehead atoms. The number of hydrogen-bond acceptors (Lipinski definition) is 7. The van der Waals surface area contributed by atoms with Crippen LogP contribution in [0.15, 0.2) is 63.5 Å². The van der Waals surface area contributed by atoms with E-state index in [0.29, 0.717) is 30.2 Å². The number of rotatable bonds is 8. The summed E-state index contributed by atoms with van der Waals surface area (Å²) in [5.74, 6) is 1.61. The number of benzene rings is 1. The smallest absolute Gasteiger partial charge is 0.329 e. The minimum absolute atomic E-state index is 0.196. The fourth-order valence-electron chi connectivity index (χ4n) is 3.56. The van der Waals surface area contributed by atoms with Gasteiger partial charge in [0, 0.05) is 45.3 Å². The molecule has 1 N–H and O–H groups in total. The molecule has 3 aromatic heterocycles. The van der Waals surface area contributed by atoms with Crippen LogP contribution >= 0.6 is 11.8 Å². The lowest BCUT2D eigenvalue weighted by Crippen LogP contribution is -2.30. The van der Waals surface area contributed by atoms with Gasteiger partial charge in [-0.05, 0) is 17.5 Å². The van der Waals surface area contributed by atoms with Gasteiger partial charge in [0.2, 0.25) is 5.95 Å². The predicted octanol–water partition coefficient (Wildman–Crippen LogP) is 2.28. The number of anilines is 1. The first kappa shape index (κ1) is 21.8. The zero-order valence-corrected chi connectivity index (χ0v) is 19.0. The maximum atomic E-state index is 12.8. The molecule has 0 amide bonds. The van der Waals surface area contributed by atoms with Crippen molar-refractivity contribution in [3.63, 3.8) is 0 Å². The molecule has 4 rings (SSSR count). The average Bonchev–Trinajstić information content (AvgIpc) is 3.17. The molecule has 0 aliphatic heterocycles. The van der Waals surface area contributed by atoms with Gasteiger partial charge in [0.05, 0.1) is 0 Å². The standard InChI is InChI=1S/C22H25N7O2S/c1-15(14-32-20-23-10-7-11-24-20)12-29-17-18(28(3)22(31)26-19(17)30)25-21(29)27(2)13-16-8-5-4-6-9-16/h4-11,15H,12-14H2,1-3H3,(H,26,30,31)/t15-/m1/s1. The number of aromatic amines is 1. The molecule has 10 heteroatoms. The lowest BCUT2D eigenvalue weighted by atomic mass is 10.2. The van der Waals surface area contributed by atoms with Crippen molar-refractivity contribution < 1.29 is 0 Å². The highest BCUT2D eigenvalue weighted by Crippen LogP contribution is 2.24.